The predicted molar refractivity (Wildman–Crippen MR) is 78.0 cm³/mol. The number of hydrogen-bond acceptors (Lipinski definition) is 4. The topological polar surface area (TPSA) is 74.7 Å². The molecule has 2 rings (SSSR count). The Morgan fingerprint density at radius 1 is 1.50 bits per heavy atom. The fourth-order valence-electron chi connectivity index (χ4n) is 2.37. The van der Waals surface area contributed by atoms with Crippen molar-refractivity contribution in [2.75, 3.05) is 16.4 Å². The maximum atomic E-state index is 12.2. The Hall–Kier alpha value is -1.27. The minimum atomic E-state index is -3.12. The molecule has 1 unspecified atom stereocenters. The second-order valence-corrected chi connectivity index (χ2v) is 7.47. The fourth-order valence-corrected chi connectivity index (χ4v) is 4.24. The summed E-state index contributed by atoms with van der Waals surface area (Å²) >= 11 is 5.90. The van der Waals surface area contributed by atoms with E-state index in [0.29, 0.717) is 11.4 Å². The monoisotopic (exact) mass is 317 g/mol. The molecule has 1 heterocycles. The standard InChI is InChI=1S/C13H16ClNO4S/c1-2-13(17)15(10-5-6-20(18,19)8-10)11-7-9(14)3-4-12(11)16/h3-4,7,10,16H,2,5-6,8H2,1H3. The molecule has 0 aromatic heterocycles. The van der Waals surface area contributed by atoms with Crippen LogP contribution in [-0.2, 0) is 14.6 Å². The first-order valence-corrected chi connectivity index (χ1v) is 8.55. The van der Waals surface area contributed by atoms with Crippen molar-refractivity contribution in [2.24, 2.45) is 0 Å². The highest BCUT2D eigenvalue weighted by molar-refractivity contribution is 7.91. The minimum Gasteiger partial charge on any atom is -0.506 e. The lowest BCUT2D eigenvalue weighted by Gasteiger charge is -2.28. The molecule has 1 N–H and O–H groups in total. The van der Waals surface area contributed by atoms with E-state index >= 15 is 0 Å². The van der Waals surface area contributed by atoms with Crippen LogP contribution in [0.15, 0.2) is 18.2 Å². The summed E-state index contributed by atoms with van der Waals surface area (Å²) in [5, 5.41) is 10.3. The van der Waals surface area contributed by atoms with Crippen molar-refractivity contribution >= 4 is 33.0 Å². The number of phenolic OH excluding ortho intramolecular Hbond substituents is 1. The molecular weight excluding hydrogens is 302 g/mol. The zero-order valence-electron chi connectivity index (χ0n) is 11.0. The highest BCUT2D eigenvalue weighted by Gasteiger charge is 2.36. The molecule has 1 amide bonds. The van der Waals surface area contributed by atoms with Crippen LogP contribution in [0.2, 0.25) is 5.02 Å². The van der Waals surface area contributed by atoms with Gasteiger partial charge in [-0.1, -0.05) is 18.5 Å². The van der Waals surface area contributed by atoms with E-state index < -0.39 is 15.9 Å². The third kappa shape index (κ3) is 3.07. The van der Waals surface area contributed by atoms with Crippen molar-refractivity contribution < 1.29 is 18.3 Å². The lowest BCUT2D eigenvalue weighted by Crippen LogP contribution is -2.41. The van der Waals surface area contributed by atoms with Gasteiger partial charge in [0.1, 0.15) is 5.75 Å². The average Bonchev–Trinajstić information content (AvgIpc) is 2.74. The molecule has 0 bridgehead atoms. The molecular formula is C13H16ClNO4S. The number of hydrogen-bond donors (Lipinski definition) is 1. The van der Waals surface area contributed by atoms with Crippen LogP contribution >= 0.6 is 11.6 Å². The van der Waals surface area contributed by atoms with E-state index in [2.05, 4.69) is 0 Å². The molecule has 1 aliphatic rings. The summed E-state index contributed by atoms with van der Waals surface area (Å²) in [7, 11) is -3.12. The van der Waals surface area contributed by atoms with Gasteiger partial charge in [0.05, 0.1) is 23.2 Å². The van der Waals surface area contributed by atoms with Gasteiger partial charge in [0.15, 0.2) is 9.84 Å². The molecule has 20 heavy (non-hydrogen) atoms. The van der Waals surface area contributed by atoms with Gasteiger partial charge < -0.3 is 10.0 Å². The molecule has 5 nitrogen and oxygen atoms in total. The maximum Gasteiger partial charge on any atom is 0.227 e. The number of nitrogens with zero attached hydrogens (tertiary/aromatic N) is 1. The van der Waals surface area contributed by atoms with Gasteiger partial charge in [-0.25, -0.2) is 8.42 Å². The predicted octanol–water partition coefficient (Wildman–Crippen LogP) is 1.98. The Kier molecular flexibility index (Phi) is 4.25. The normalized spacial score (nSPS) is 20.8. The lowest BCUT2D eigenvalue weighted by molar-refractivity contribution is -0.118. The number of sulfone groups is 1. The van der Waals surface area contributed by atoms with Gasteiger partial charge in [-0.3, -0.25) is 4.79 Å². The van der Waals surface area contributed by atoms with Gasteiger partial charge in [-0.15, -0.1) is 0 Å². The van der Waals surface area contributed by atoms with E-state index in [-0.39, 0.29) is 35.3 Å². The van der Waals surface area contributed by atoms with Crippen molar-refractivity contribution in [1.82, 2.24) is 0 Å². The van der Waals surface area contributed by atoms with E-state index in [1.54, 1.807) is 6.92 Å². The molecule has 0 radical (unpaired) electrons. The molecule has 1 atom stereocenters. The zero-order valence-corrected chi connectivity index (χ0v) is 12.6. The molecule has 0 saturated carbocycles. The number of anilines is 1. The van der Waals surface area contributed by atoms with E-state index in [0.717, 1.165) is 0 Å². The second-order valence-electron chi connectivity index (χ2n) is 4.81. The quantitative estimate of drug-likeness (QED) is 0.925. The number of amides is 1. The highest BCUT2D eigenvalue weighted by Crippen LogP contribution is 2.34. The fraction of sp³-hybridized carbons (Fsp3) is 0.462. The number of carbonyl (C=O) groups excluding carboxylic acids is 1. The van der Waals surface area contributed by atoms with Crippen molar-refractivity contribution in [3.63, 3.8) is 0 Å². The summed E-state index contributed by atoms with van der Waals surface area (Å²) in [5.74, 6) is -0.331. The molecule has 7 heteroatoms. The van der Waals surface area contributed by atoms with Gasteiger partial charge in [0.25, 0.3) is 0 Å². The van der Waals surface area contributed by atoms with Crippen molar-refractivity contribution in [2.45, 2.75) is 25.8 Å². The van der Waals surface area contributed by atoms with Gasteiger partial charge in [-0.2, -0.15) is 0 Å². The van der Waals surface area contributed by atoms with Crippen LogP contribution in [0.25, 0.3) is 0 Å². The van der Waals surface area contributed by atoms with Crippen LogP contribution in [-0.4, -0.2) is 37.0 Å². The molecule has 1 aromatic rings. The third-order valence-corrected chi connectivity index (χ3v) is 5.33. The van der Waals surface area contributed by atoms with Gasteiger partial charge in [0, 0.05) is 11.4 Å². The summed E-state index contributed by atoms with van der Waals surface area (Å²) in [6.45, 7) is 1.69. The molecule has 0 spiro atoms. The first-order chi connectivity index (χ1) is 9.34. The first kappa shape index (κ1) is 15.1. The highest BCUT2D eigenvalue weighted by atomic mass is 35.5. The second kappa shape index (κ2) is 5.61. The molecule has 1 fully saturated rings. The van der Waals surface area contributed by atoms with Crippen molar-refractivity contribution in [1.29, 1.82) is 0 Å². The smallest absolute Gasteiger partial charge is 0.227 e. The molecule has 1 aliphatic heterocycles. The number of aromatic hydroxyl groups is 1. The van der Waals surface area contributed by atoms with Crippen molar-refractivity contribution in [3.05, 3.63) is 23.2 Å². The Morgan fingerprint density at radius 3 is 2.75 bits per heavy atom. The first-order valence-electron chi connectivity index (χ1n) is 6.35. The summed E-state index contributed by atoms with van der Waals surface area (Å²) < 4.78 is 23.2. The summed E-state index contributed by atoms with van der Waals surface area (Å²) in [5.41, 5.74) is 0.270. The third-order valence-electron chi connectivity index (χ3n) is 3.34. The van der Waals surface area contributed by atoms with E-state index in [1.807, 2.05) is 0 Å². The summed E-state index contributed by atoms with van der Waals surface area (Å²) in [6.07, 6.45) is 0.600. The van der Waals surface area contributed by atoms with Crippen LogP contribution in [0.3, 0.4) is 0 Å². The molecule has 1 saturated heterocycles. The van der Waals surface area contributed by atoms with Crippen LogP contribution in [0.5, 0.6) is 5.75 Å². The lowest BCUT2D eigenvalue weighted by atomic mass is 10.1. The van der Waals surface area contributed by atoms with Crippen LogP contribution < -0.4 is 4.90 Å². The van der Waals surface area contributed by atoms with E-state index in [1.165, 1.54) is 23.1 Å². The van der Waals surface area contributed by atoms with Gasteiger partial charge in [0.2, 0.25) is 5.91 Å². The van der Waals surface area contributed by atoms with Crippen LogP contribution in [0.4, 0.5) is 5.69 Å². The summed E-state index contributed by atoms with van der Waals surface area (Å²) in [4.78, 5) is 13.5. The average molecular weight is 318 g/mol. The summed E-state index contributed by atoms with van der Waals surface area (Å²) in [6, 6.07) is 3.95. The number of halogens is 1. The van der Waals surface area contributed by atoms with E-state index in [4.69, 9.17) is 11.6 Å². The van der Waals surface area contributed by atoms with Gasteiger partial charge in [-0.05, 0) is 24.6 Å². The van der Waals surface area contributed by atoms with Gasteiger partial charge >= 0.3 is 0 Å². The number of phenols is 1. The largest absolute Gasteiger partial charge is 0.506 e. The number of benzene rings is 1. The Balaban J connectivity index is 2.43. The number of rotatable bonds is 3. The maximum absolute atomic E-state index is 12.2. The zero-order chi connectivity index (χ0) is 14.9. The Morgan fingerprint density at radius 2 is 2.20 bits per heavy atom. The van der Waals surface area contributed by atoms with Crippen LogP contribution in [0, 0.1) is 0 Å². The van der Waals surface area contributed by atoms with Crippen LogP contribution in [0.1, 0.15) is 19.8 Å². The van der Waals surface area contributed by atoms with E-state index in [9.17, 15) is 18.3 Å². The number of carbonyl (C=O) groups is 1. The Bertz CT molecular complexity index is 629. The minimum absolute atomic E-state index is 0.0620. The molecule has 0 aliphatic carbocycles. The molecule has 110 valence electrons. The Labute approximate surface area is 123 Å². The molecule has 1 aromatic carbocycles. The SMILES string of the molecule is CCC(=O)N(c1cc(Cl)ccc1O)C1CCS(=O)(=O)C1. The van der Waals surface area contributed by atoms with Crippen molar-refractivity contribution in [3.8, 4) is 5.75 Å².